The Kier molecular flexibility index (Phi) is 1.98. The molecule has 1 aliphatic carbocycles. The molecule has 2 aliphatic rings. The minimum Gasteiger partial charge on any atom is -0.480 e. The van der Waals surface area contributed by atoms with Crippen molar-refractivity contribution in [3.8, 4) is 0 Å². The van der Waals surface area contributed by atoms with E-state index >= 15 is 0 Å². The van der Waals surface area contributed by atoms with Crippen LogP contribution in [-0.4, -0.2) is 34.5 Å². The summed E-state index contributed by atoms with van der Waals surface area (Å²) in [5.74, 6) is -0.423. The van der Waals surface area contributed by atoms with Crippen molar-refractivity contribution in [1.82, 2.24) is 4.90 Å². The third-order valence-corrected chi connectivity index (χ3v) is 3.29. The van der Waals surface area contributed by atoms with Crippen LogP contribution >= 0.6 is 0 Å². The van der Waals surface area contributed by atoms with Crippen molar-refractivity contribution >= 4 is 12.4 Å². The maximum absolute atomic E-state index is 10.8. The Hall–Kier alpha value is -1.06. The van der Waals surface area contributed by atoms with Gasteiger partial charge in [-0.1, -0.05) is 6.42 Å². The molecule has 0 radical (unpaired) electrons. The van der Waals surface area contributed by atoms with E-state index < -0.39 is 12.0 Å². The Balaban J connectivity index is 2.17. The average molecular weight is 183 g/mol. The van der Waals surface area contributed by atoms with Gasteiger partial charge in [0.15, 0.2) is 0 Å². The van der Waals surface area contributed by atoms with E-state index in [1.165, 1.54) is 4.90 Å². The molecule has 0 unspecified atom stereocenters. The van der Waals surface area contributed by atoms with E-state index in [1.54, 1.807) is 0 Å². The summed E-state index contributed by atoms with van der Waals surface area (Å²) in [6.07, 6.45) is 4.55. The summed E-state index contributed by atoms with van der Waals surface area (Å²) >= 11 is 0. The van der Waals surface area contributed by atoms with Gasteiger partial charge in [0.05, 0.1) is 0 Å². The lowest BCUT2D eigenvalue weighted by Gasteiger charge is -2.22. The second-order valence-electron chi connectivity index (χ2n) is 3.90. The van der Waals surface area contributed by atoms with Gasteiger partial charge in [-0.2, -0.15) is 0 Å². The topological polar surface area (TPSA) is 57.6 Å². The molecule has 4 heteroatoms. The Bertz CT molecular complexity index is 241. The summed E-state index contributed by atoms with van der Waals surface area (Å²) in [5.41, 5.74) is 0. The first-order chi connectivity index (χ1) is 6.24. The van der Waals surface area contributed by atoms with Crippen LogP contribution < -0.4 is 0 Å². The number of fused-ring (bicyclic) bond motifs is 1. The number of carbonyl (C=O) groups excluding carboxylic acids is 1. The van der Waals surface area contributed by atoms with Gasteiger partial charge in [0.1, 0.15) is 6.04 Å². The number of hydrogen-bond acceptors (Lipinski definition) is 2. The fraction of sp³-hybridized carbons (Fsp3) is 0.778. The van der Waals surface area contributed by atoms with Gasteiger partial charge < -0.3 is 10.0 Å². The van der Waals surface area contributed by atoms with E-state index in [2.05, 4.69) is 0 Å². The molecule has 2 fully saturated rings. The molecule has 72 valence electrons. The number of likely N-dealkylation sites (tertiary alicyclic amines) is 1. The molecule has 1 saturated carbocycles. The minimum atomic E-state index is -0.860. The molecule has 4 nitrogen and oxygen atoms in total. The monoisotopic (exact) mass is 183 g/mol. The number of amides is 1. The predicted octanol–water partition coefficient (Wildman–Crippen LogP) is 0.470. The summed E-state index contributed by atoms with van der Waals surface area (Å²) in [6.45, 7) is 0. The zero-order chi connectivity index (χ0) is 9.42. The maximum atomic E-state index is 10.8. The smallest absolute Gasteiger partial charge is 0.326 e. The summed E-state index contributed by atoms with van der Waals surface area (Å²) in [5, 5.41) is 8.87. The second-order valence-corrected chi connectivity index (χ2v) is 3.90. The van der Waals surface area contributed by atoms with Crippen LogP contribution in [0.4, 0.5) is 0 Å². The van der Waals surface area contributed by atoms with Crippen LogP contribution in [0.3, 0.4) is 0 Å². The SMILES string of the molecule is O=CN1[C@H](C(=O)O)C[C@@H]2CCC[C@@H]21. The van der Waals surface area contributed by atoms with E-state index in [4.69, 9.17) is 5.11 Å². The zero-order valence-electron chi connectivity index (χ0n) is 7.35. The Labute approximate surface area is 76.5 Å². The molecule has 0 bridgehead atoms. The number of carbonyl (C=O) groups is 2. The number of rotatable bonds is 2. The van der Waals surface area contributed by atoms with Gasteiger partial charge in [-0.15, -0.1) is 0 Å². The highest BCUT2D eigenvalue weighted by atomic mass is 16.4. The Morgan fingerprint density at radius 2 is 2.23 bits per heavy atom. The van der Waals surface area contributed by atoms with Crippen LogP contribution in [0.15, 0.2) is 0 Å². The molecule has 1 heterocycles. The third kappa shape index (κ3) is 1.20. The minimum absolute atomic E-state index is 0.207. The molecule has 0 aromatic carbocycles. The van der Waals surface area contributed by atoms with Crippen LogP contribution in [0.25, 0.3) is 0 Å². The van der Waals surface area contributed by atoms with Crippen molar-refractivity contribution in [2.45, 2.75) is 37.8 Å². The van der Waals surface area contributed by atoms with Gasteiger partial charge in [0, 0.05) is 6.04 Å². The summed E-state index contributed by atoms with van der Waals surface area (Å²) in [7, 11) is 0. The van der Waals surface area contributed by atoms with Gasteiger partial charge in [-0.05, 0) is 25.2 Å². The van der Waals surface area contributed by atoms with Gasteiger partial charge in [0.25, 0.3) is 0 Å². The summed E-state index contributed by atoms with van der Waals surface area (Å²) in [6, 6.07) is -0.355. The molecule has 3 atom stereocenters. The molecule has 2 rings (SSSR count). The van der Waals surface area contributed by atoms with Crippen LogP contribution in [-0.2, 0) is 9.59 Å². The molecule has 1 N–H and O–H groups in total. The summed E-state index contributed by atoms with van der Waals surface area (Å²) < 4.78 is 0. The molecule has 1 saturated heterocycles. The first kappa shape index (κ1) is 8.53. The van der Waals surface area contributed by atoms with E-state index in [-0.39, 0.29) is 6.04 Å². The fourth-order valence-electron chi connectivity index (χ4n) is 2.70. The van der Waals surface area contributed by atoms with E-state index in [0.717, 1.165) is 19.3 Å². The predicted molar refractivity (Wildman–Crippen MR) is 45.1 cm³/mol. The molecule has 0 aromatic rings. The lowest BCUT2D eigenvalue weighted by molar-refractivity contribution is -0.145. The highest BCUT2D eigenvalue weighted by Crippen LogP contribution is 2.40. The number of carboxylic acid groups (broad SMARTS) is 1. The first-order valence-electron chi connectivity index (χ1n) is 4.69. The van der Waals surface area contributed by atoms with E-state index in [1.807, 2.05) is 0 Å². The summed E-state index contributed by atoms with van der Waals surface area (Å²) in [4.78, 5) is 23.0. The van der Waals surface area contributed by atoms with Crippen LogP contribution in [0.5, 0.6) is 0 Å². The Morgan fingerprint density at radius 3 is 2.85 bits per heavy atom. The fourth-order valence-corrected chi connectivity index (χ4v) is 2.70. The molecule has 1 amide bonds. The van der Waals surface area contributed by atoms with Crippen molar-refractivity contribution in [2.24, 2.45) is 5.92 Å². The zero-order valence-corrected chi connectivity index (χ0v) is 7.35. The first-order valence-corrected chi connectivity index (χ1v) is 4.69. The molecule has 1 aliphatic heterocycles. The molecule has 13 heavy (non-hydrogen) atoms. The van der Waals surface area contributed by atoms with Crippen molar-refractivity contribution < 1.29 is 14.7 Å². The lowest BCUT2D eigenvalue weighted by Crippen LogP contribution is -2.39. The normalized spacial score (nSPS) is 37.5. The van der Waals surface area contributed by atoms with Gasteiger partial charge in [-0.25, -0.2) is 4.79 Å². The highest BCUT2D eigenvalue weighted by Gasteiger charge is 2.45. The van der Waals surface area contributed by atoms with Crippen molar-refractivity contribution in [3.05, 3.63) is 0 Å². The molecular formula is C9H13NO3. The molecular weight excluding hydrogens is 170 g/mol. The van der Waals surface area contributed by atoms with Crippen molar-refractivity contribution in [3.63, 3.8) is 0 Å². The lowest BCUT2D eigenvalue weighted by atomic mass is 10.0. The Morgan fingerprint density at radius 1 is 1.46 bits per heavy atom. The van der Waals surface area contributed by atoms with Gasteiger partial charge in [0.2, 0.25) is 6.41 Å². The number of hydrogen-bond donors (Lipinski definition) is 1. The second kappa shape index (κ2) is 3.01. The number of aliphatic carboxylic acids is 1. The van der Waals surface area contributed by atoms with Crippen molar-refractivity contribution in [1.29, 1.82) is 0 Å². The van der Waals surface area contributed by atoms with E-state index in [9.17, 15) is 9.59 Å². The largest absolute Gasteiger partial charge is 0.480 e. The maximum Gasteiger partial charge on any atom is 0.326 e. The highest BCUT2D eigenvalue weighted by molar-refractivity contribution is 5.77. The number of nitrogens with zero attached hydrogens (tertiary/aromatic N) is 1. The van der Waals surface area contributed by atoms with Gasteiger partial charge >= 0.3 is 5.97 Å². The molecule has 0 aromatic heterocycles. The van der Waals surface area contributed by atoms with Crippen LogP contribution in [0.2, 0.25) is 0 Å². The number of carboxylic acids is 1. The standard InChI is InChI=1S/C9H13NO3/c11-5-10-7-3-1-2-6(7)4-8(10)9(12)13/h5-8H,1-4H2,(H,12,13)/t6-,7-,8-/m0/s1. The average Bonchev–Trinajstić information content (AvgIpc) is 2.60. The van der Waals surface area contributed by atoms with E-state index in [0.29, 0.717) is 18.7 Å². The van der Waals surface area contributed by atoms with Crippen LogP contribution in [0.1, 0.15) is 25.7 Å². The molecule has 0 spiro atoms. The third-order valence-electron chi connectivity index (χ3n) is 3.29. The van der Waals surface area contributed by atoms with Crippen molar-refractivity contribution in [2.75, 3.05) is 0 Å². The quantitative estimate of drug-likeness (QED) is 0.633. The van der Waals surface area contributed by atoms with Gasteiger partial charge in [-0.3, -0.25) is 4.79 Å². The van der Waals surface area contributed by atoms with Crippen LogP contribution in [0, 0.1) is 5.92 Å².